The van der Waals surface area contributed by atoms with Gasteiger partial charge in [-0.15, -0.1) is 0 Å². The van der Waals surface area contributed by atoms with Crippen LogP contribution in [0, 0.1) is 5.92 Å². The Morgan fingerprint density at radius 3 is 2.43 bits per heavy atom. The fraction of sp³-hybridized carbons (Fsp3) is 0.217. The van der Waals surface area contributed by atoms with Crippen LogP contribution >= 0.6 is 0 Å². The summed E-state index contributed by atoms with van der Waals surface area (Å²) in [6.45, 7) is 5.88. The fourth-order valence-electron chi connectivity index (χ4n) is 3.38. The predicted octanol–water partition coefficient (Wildman–Crippen LogP) is 4.98. The topological polar surface area (TPSA) is 52.7 Å². The van der Waals surface area contributed by atoms with Gasteiger partial charge in [0.05, 0.1) is 17.1 Å². The number of amidine groups is 1. The summed E-state index contributed by atoms with van der Waals surface area (Å²) in [5, 5.41) is 0. The molecule has 5 nitrogen and oxygen atoms in total. The van der Waals surface area contributed by atoms with Crippen LogP contribution in [0.3, 0.4) is 0 Å². The number of nitrogens with zero attached hydrogens (tertiary/aromatic N) is 5. The quantitative estimate of drug-likeness (QED) is 0.725. The molecular formula is C23H23N5. The summed E-state index contributed by atoms with van der Waals surface area (Å²) >= 11 is 0. The Kier molecular flexibility index (Phi) is 4.98. The van der Waals surface area contributed by atoms with Crippen molar-refractivity contribution in [3.05, 3.63) is 78.0 Å². The van der Waals surface area contributed by atoms with Crippen LogP contribution in [0.25, 0.3) is 5.70 Å². The van der Waals surface area contributed by atoms with Gasteiger partial charge in [-0.1, -0.05) is 68.5 Å². The van der Waals surface area contributed by atoms with Gasteiger partial charge < -0.3 is 0 Å². The van der Waals surface area contributed by atoms with Crippen molar-refractivity contribution in [1.29, 1.82) is 0 Å². The predicted molar refractivity (Wildman–Crippen MR) is 117 cm³/mol. The van der Waals surface area contributed by atoms with Crippen molar-refractivity contribution < 1.29 is 0 Å². The normalized spacial score (nSPS) is 21.8. The molecule has 5 rings (SSSR count). The number of allylic oxidation sites excluding steroid dienone is 6. The summed E-state index contributed by atoms with van der Waals surface area (Å²) in [4.78, 5) is 20.5. The molecule has 1 aromatic carbocycles. The maximum absolute atomic E-state index is 4.80. The van der Waals surface area contributed by atoms with Gasteiger partial charge in [-0.05, 0) is 25.5 Å². The molecule has 0 spiro atoms. The lowest BCUT2D eigenvalue weighted by molar-refractivity contribution is 0.728. The van der Waals surface area contributed by atoms with Gasteiger partial charge in [0, 0.05) is 11.5 Å². The number of hydrogen-bond donors (Lipinski definition) is 0. The molecule has 3 aliphatic heterocycles. The molecular weight excluding hydrogens is 346 g/mol. The minimum atomic E-state index is 0.271. The lowest BCUT2D eigenvalue weighted by Gasteiger charge is -2.33. The van der Waals surface area contributed by atoms with E-state index in [-0.39, 0.29) is 5.92 Å². The first-order chi connectivity index (χ1) is 13.8. The van der Waals surface area contributed by atoms with Gasteiger partial charge in [0.1, 0.15) is 5.84 Å². The molecule has 5 heteroatoms. The molecule has 0 amide bonds. The van der Waals surface area contributed by atoms with Gasteiger partial charge in [-0.25, -0.2) is 14.9 Å². The van der Waals surface area contributed by atoms with E-state index in [1.807, 2.05) is 43.9 Å². The van der Waals surface area contributed by atoms with Crippen molar-refractivity contribution >= 4 is 29.2 Å². The lowest BCUT2D eigenvalue weighted by Crippen LogP contribution is -2.42. The van der Waals surface area contributed by atoms with E-state index in [2.05, 4.69) is 58.6 Å². The van der Waals surface area contributed by atoms with Crippen molar-refractivity contribution in [2.75, 3.05) is 0 Å². The first-order valence-corrected chi connectivity index (χ1v) is 9.71. The van der Waals surface area contributed by atoms with Gasteiger partial charge in [0.15, 0.2) is 0 Å². The second kappa shape index (κ2) is 7.72. The van der Waals surface area contributed by atoms with Crippen LogP contribution in [-0.4, -0.2) is 28.4 Å². The summed E-state index contributed by atoms with van der Waals surface area (Å²) in [6, 6.07) is 10.2. The van der Waals surface area contributed by atoms with E-state index in [0.29, 0.717) is 17.8 Å². The number of benzene rings is 1. The Morgan fingerprint density at radius 1 is 0.893 bits per heavy atom. The molecule has 28 heavy (non-hydrogen) atoms. The Hall–Kier alpha value is -3.34. The molecule has 1 aliphatic carbocycles. The summed E-state index contributed by atoms with van der Waals surface area (Å²) in [6.07, 6.45) is 13.7. The van der Waals surface area contributed by atoms with Gasteiger partial charge in [0.25, 0.3) is 0 Å². The van der Waals surface area contributed by atoms with Gasteiger partial charge >= 0.3 is 0 Å². The third kappa shape index (κ3) is 3.31. The van der Waals surface area contributed by atoms with Crippen molar-refractivity contribution in [2.45, 2.75) is 27.2 Å². The lowest BCUT2D eigenvalue weighted by atomic mass is 9.93. The first kappa shape index (κ1) is 18.0. The summed E-state index contributed by atoms with van der Waals surface area (Å²) in [7, 11) is 0. The molecule has 1 aromatic rings. The van der Waals surface area contributed by atoms with Crippen LogP contribution in [0.1, 0.15) is 32.8 Å². The average molecular weight is 369 g/mol. The van der Waals surface area contributed by atoms with Crippen LogP contribution in [0.5, 0.6) is 0 Å². The maximum atomic E-state index is 4.80. The van der Waals surface area contributed by atoms with E-state index in [0.717, 1.165) is 29.1 Å². The van der Waals surface area contributed by atoms with Crippen molar-refractivity contribution in [2.24, 2.45) is 25.9 Å². The number of aliphatic imine (C=N–C) groups is 4. The largest absolute Gasteiger partial charge is 0.246 e. The zero-order chi connectivity index (χ0) is 19.5. The van der Waals surface area contributed by atoms with E-state index < -0.39 is 0 Å². The van der Waals surface area contributed by atoms with Gasteiger partial charge in [-0.2, -0.15) is 9.98 Å². The summed E-state index contributed by atoms with van der Waals surface area (Å²) in [5.41, 5.74) is 4.01. The van der Waals surface area contributed by atoms with Crippen molar-refractivity contribution in [1.82, 2.24) is 4.90 Å². The van der Waals surface area contributed by atoms with Crippen LogP contribution in [0.2, 0.25) is 0 Å². The minimum absolute atomic E-state index is 0.271. The molecule has 1 atom stereocenters. The Morgan fingerprint density at radius 2 is 1.68 bits per heavy atom. The third-order valence-electron chi connectivity index (χ3n) is 4.64. The first-order valence-electron chi connectivity index (χ1n) is 9.71. The standard InChI is InChI=1S/C21H17N5.C2H6/c1-14-22-20-24-18(15-8-4-2-5-9-15)12-17-13-19(16-10-6-3-7-11-16)25-21(23-14)26(17)20;1-2/h2-10,12-13,16H,11H2,1H3;1-2H3. The van der Waals surface area contributed by atoms with E-state index in [9.17, 15) is 0 Å². The zero-order valence-corrected chi connectivity index (χ0v) is 16.4. The molecule has 140 valence electrons. The number of guanidine groups is 2. The van der Waals surface area contributed by atoms with Gasteiger partial charge in [-0.3, -0.25) is 0 Å². The summed E-state index contributed by atoms with van der Waals surface area (Å²) < 4.78 is 0. The van der Waals surface area contributed by atoms with Gasteiger partial charge in [0.2, 0.25) is 11.9 Å². The van der Waals surface area contributed by atoms with Crippen molar-refractivity contribution in [3.63, 3.8) is 0 Å². The highest BCUT2D eigenvalue weighted by atomic mass is 15.4. The maximum Gasteiger partial charge on any atom is 0.239 e. The van der Waals surface area contributed by atoms with Crippen LogP contribution in [0.4, 0.5) is 0 Å². The molecule has 0 radical (unpaired) electrons. The zero-order valence-electron chi connectivity index (χ0n) is 16.4. The molecule has 0 bridgehead atoms. The van der Waals surface area contributed by atoms with Crippen LogP contribution in [0.15, 0.2) is 92.5 Å². The molecule has 0 fully saturated rings. The Bertz CT molecular complexity index is 1020. The second-order valence-electron chi connectivity index (χ2n) is 6.47. The van der Waals surface area contributed by atoms with E-state index >= 15 is 0 Å². The smallest absolute Gasteiger partial charge is 0.239 e. The average Bonchev–Trinajstić information content (AvgIpc) is 2.75. The van der Waals surface area contributed by atoms with E-state index in [1.165, 1.54) is 0 Å². The molecule has 1 unspecified atom stereocenters. The third-order valence-corrected chi connectivity index (χ3v) is 4.64. The van der Waals surface area contributed by atoms with E-state index in [4.69, 9.17) is 9.98 Å². The summed E-state index contributed by atoms with van der Waals surface area (Å²) in [5.74, 6) is 2.22. The molecule has 0 saturated heterocycles. The highest BCUT2D eigenvalue weighted by Gasteiger charge is 2.32. The molecule has 4 aliphatic rings. The Labute approximate surface area is 165 Å². The highest BCUT2D eigenvalue weighted by molar-refractivity contribution is 6.21. The highest BCUT2D eigenvalue weighted by Crippen LogP contribution is 2.31. The van der Waals surface area contributed by atoms with Crippen LogP contribution < -0.4 is 0 Å². The molecule has 0 N–H and O–H groups in total. The molecule has 0 saturated carbocycles. The SMILES string of the molecule is CC.CC1=NC2=NC(c3ccccc3)=CC3=CC(C4C=CC=CC4)=NC(=N1)N32. The number of rotatable bonds is 2. The van der Waals surface area contributed by atoms with Crippen molar-refractivity contribution in [3.8, 4) is 0 Å². The minimum Gasteiger partial charge on any atom is -0.246 e. The van der Waals surface area contributed by atoms with E-state index in [1.54, 1.807) is 0 Å². The Balaban J connectivity index is 0.000000932. The fourth-order valence-corrected chi connectivity index (χ4v) is 3.38. The second-order valence-corrected chi connectivity index (χ2v) is 6.47. The monoisotopic (exact) mass is 369 g/mol. The van der Waals surface area contributed by atoms with Crippen LogP contribution in [-0.2, 0) is 0 Å². The molecule has 3 heterocycles. The number of hydrogen-bond acceptors (Lipinski definition) is 5. The molecule has 0 aromatic heterocycles.